The molecule has 1 aliphatic rings. The summed E-state index contributed by atoms with van der Waals surface area (Å²) < 4.78 is 49.0. The van der Waals surface area contributed by atoms with Crippen molar-refractivity contribution in [3.63, 3.8) is 0 Å². The monoisotopic (exact) mass is 414 g/mol. The van der Waals surface area contributed by atoms with Crippen molar-refractivity contribution in [3.8, 4) is 11.5 Å². The van der Waals surface area contributed by atoms with Gasteiger partial charge in [-0.25, -0.2) is 4.79 Å². The van der Waals surface area contributed by atoms with E-state index in [1.54, 1.807) is 0 Å². The van der Waals surface area contributed by atoms with Gasteiger partial charge in [0.1, 0.15) is 11.5 Å². The molecule has 1 heterocycles. The maximum absolute atomic E-state index is 13.0. The van der Waals surface area contributed by atoms with Crippen LogP contribution < -0.4 is 4.74 Å². The molecule has 114 valence electrons. The Labute approximate surface area is 131 Å². The number of halogens is 4. The number of alkyl halides is 3. The van der Waals surface area contributed by atoms with Gasteiger partial charge in [0.05, 0.1) is 15.8 Å². The molecular formula is C13H10F3IO4. The Kier molecular flexibility index (Phi) is 4.35. The minimum atomic E-state index is -4.77. The molecule has 0 fully saturated rings. The fourth-order valence-corrected chi connectivity index (χ4v) is 2.32. The second-order valence-electron chi connectivity index (χ2n) is 4.20. The molecule has 0 amide bonds. The van der Waals surface area contributed by atoms with Crippen molar-refractivity contribution >= 4 is 34.6 Å². The van der Waals surface area contributed by atoms with Crippen LogP contribution in [0.25, 0.3) is 6.08 Å². The average Bonchev–Trinajstić information content (AvgIpc) is 2.38. The second-order valence-corrected chi connectivity index (χ2v) is 5.36. The van der Waals surface area contributed by atoms with Crippen LogP contribution in [0.4, 0.5) is 13.2 Å². The van der Waals surface area contributed by atoms with E-state index in [9.17, 15) is 23.1 Å². The number of esters is 1. The van der Waals surface area contributed by atoms with E-state index in [0.29, 0.717) is 3.57 Å². The molecule has 0 radical (unpaired) electrons. The van der Waals surface area contributed by atoms with Gasteiger partial charge < -0.3 is 14.6 Å². The van der Waals surface area contributed by atoms with Crippen LogP contribution in [0.2, 0.25) is 0 Å². The minimum Gasteiger partial charge on any atom is -0.507 e. The van der Waals surface area contributed by atoms with Crippen molar-refractivity contribution in [2.75, 3.05) is 6.61 Å². The van der Waals surface area contributed by atoms with Crippen LogP contribution >= 0.6 is 22.6 Å². The molecule has 1 N–H and O–H groups in total. The zero-order valence-corrected chi connectivity index (χ0v) is 12.9. The van der Waals surface area contributed by atoms with Crippen molar-refractivity contribution in [3.05, 3.63) is 26.8 Å². The Hall–Kier alpha value is -1.45. The number of fused-ring (bicyclic) bond motifs is 1. The van der Waals surface area contributed by atoms with Crippen LogP contribution in [0.5, 0.6) is 11.5 Å². The normalized spacial score (nSPS) is 17.6. The lowest BCUT2D eigenvalue weighted by molar-refractivity contribution is -0.187. The number of ether oxygens (including phenoxy) is 2. The van der Waals surface area contributed by atoms with Gasteiger partial charge in [-0.3, -0.25) is 0 Å². The Morgan fingerprint density at radius 3 is 2.71 bits per heavy atom. The molecule has 8 heteroatoms. The molecule has 1 aliphatic heterocycles. The van der Waals surface area contributed by atoms with Crippen molar-refractivity contribution in [1.29, 1.82) is 0 Å². The fraction of sp³-hybridized carbons (Fsp3) is 0.308. The lowest BCUT2D eigenvalue weighted by Crippen LogP contribution is -2.40. The summed E-state index contributed by atoms with van der Waals surface area (Å²) in [6.45, 7) is 1.46. The van der Waals surface area contributed by atoms with Crippen LogP contribution in [0.3, 0.4) is 0 Å². The molecule has 0 bridgehead atoms. The predicted molar refractivity (Wildman–Crippen MR) is 75.9 cm³/mol. The molecule has 0 spiro atoms. The highest BCUT2D eigenvalue weighted by molar-refractivity contribution is 14.1. The molecule has 1 aromatic carbocycles. The largest absolute Gasteiger partial charge is 0.507 e. The Morgan fingerprint density at radius 1 is 1.48 bits per heavy atom. The summed E-state index contributed by atoms with van der Waals surface area (Å²) in [5.74, 6) is -1.40. The molecular weight excluding hydrogens is 404 g/mol. The fourth-order valence-electron chi connectivity index (χ4n) is 1.83. The van der Waals surface area contributed by atoms with Gasteiger partial charge in [0.2, 0.25) is 6.10 Å². The summed E-state index contributed by atoms with van der Waals surface area (Å²) in [6.07, 6.45) is -6.10. The first kappa shape index (κ1) is 15.9. The van der Waals surface area contributed by atoms with Gasteiger partial charge in [-0.2, -0.15) is 13.2 Å². The maximum Gasteiger partial charge on any atom is 0.430 e. The molecule has 0 saturated heterocycles. The van der Waals surface area contributed by atoms with Crippen molar-refractivity contribution in [1.82, 2.24) is 0 Å². The van der Waals surface area contributed by atoms with Gasteiger partial charge in [0.15, 0.2) is 0 Å². The molecule has 0 aliphatic carbocycles. The van der Waals surface area contributed by atoms with E-state index in [1.807, 2.05) is 22.6 Å². The number of hydrogen-bond donors (Lipinski definition) is 1. The van der Waals surface area contributed by atoms with Crippen LogP contribution in [-0.4, -0.2) is 30.0 Å². The van der Waals surface area contributed by atoms with Crippen LogP contribution in [0, 0.1) is 3.57 Å². The number of phenols is 1. The van der Waals surface area contributed by atoms with Crippen molar-refractivity contribution < 1.29 is 32.5 Å². The third kappa shape index (κ3) is 3.25. The van der Waals surface area contributed by atoms with E-state index >= 15 is 0 Å². The molecule has 21 heavy (non-hydrogen) atoms. The molecule has 0 saturated carbocycles. The Bertz CT molecular complexity index is 610. The van der Waals surface area contributed by atoms with E-state index in [0.717, 1.165) is 12.1 Å². The number of phenolic OH excluding ortho intramolecular Hbond substituents is 1. The number of rotatable bonds is 2. The van der Waals surface area contributed by atoms with E-state index in [2.05, 4.69) is 4.74 Å². The Balaban J connectivity index is 2.52. The SMILES string of the molecule is CCOC(=O)C1=Cc2cc(I)c(O)cc2OC1C(F)(F)F. The standard InChI is InChI=1S/C13H10F3IO4/c1-2-20-12(19)7-3-6-4-8(17)9(18)5-10(6)21-11(7)13(14,15)16/h3-5,11,18H,2H2,1H3. The zero-order chi connectivity index (χ0) is 15.8. The minimum absolute atomic E-state index is 0.0410. The highest BCUT2D eigenvalue weighted by atomic mass is 127. The molecule has 1 unspecified atom stereocenters. The summed E-state index contributed by atoms with van der Waals surface area (Å²) in [7, 11) is 0. The smallest absolute Gasteiger partial charge is 0.430 e. The van der Waals surface area contributed by atoms with Crippen LogP contribution in [0.1, 0.15) is 12.5 Å². The lowest BCUT2D eigenvalue weighted by atomic mass is 10.0. The number of aromatic hydroxyl groups is 1. The summed E-state index contributed by atoms with van der Waals surface area (Å²) in [6, 6.07) is 2.52. The highest BCUT2D eigenvalue weighted by Crippen LogP contribution is 2.40. The third-order valence-corrected chi connectivity index (χ3v) is 3.59. The first-order valence-corrected chi connectivity index (χ1v) is 6.96. The molecule has 2 rings (SSSR count). The van der Waals surface area contributed by atoms with Gasteiger partial charge in [0.25, 0.3) is 0 Å². The highest BCUT2D eigenvalue weighted by Gasteiger charge is 2.48. The average molecular weight is 414 g/mol. The van der Waals surface area contributed by atoms with Crippen LogP contribution in [-0.2, 0) is 9.53 Å². The Morgan fingerprint density at radius 2 is 2.14 bits per heavy atom. The lowest BCUT2D eigenvalue weighted by Gasteiger charge is -2.28. The quantitative estimate of drug-likeness (QED) is 0.597. The van der Waals surface area contributed by atoms with Gasteiger partial charge >= 0.3 is 12.1 Å². The van der Waals surface area contributed by atoms with Crippen molar-refractivity contribution in [2.45, 2.75) is 19.2 Å². The molecule has 1 aromatic rings. The zero-order valence-electron chi connectivity index (χ0n) is 10.7. The second kappa shape index (κ2) is 5.74. The summed E-state index contributed by atoms with van der Waals surface area (Å²) in [5.41, 5.74) is -0.334. The maximum atomic E-state index is 13.0. The van der Waals surface area contributed by atoms with E-state index in [4.69, 9.17) is 4.74 Å². The van der Waals surface area contributed by atoms with Gasteiger partial charge in [-0.15, -0.1) is 0 Å². The number of hydrogen-bond acceptors (Lipinski definition) is 4. The summed E-state index contributed by atoms with van der Waals surface area (Å²) >= 11 is 1.82. The van der Waals surface area contributed by atoms with Gasteiger partial charge in [-0.1, -0.05) is 0 Å². The van der Waals surface area contributed by atoms with Crippen LogP contribution in [0.15, 0.2) is 17.7 Å². The van der Waals surface area contributed by atoms with Gasteiger partial charge in [0, 0.05) is 11.6 Å². The first-order valence-electron chi connectivity index (χ1n) is 5.88. The van der Waals surface area contributed by atoms with Crippen molar-refractivity contribution in [2.24, 2.45) is 0 Å². The first-order chi connectivity index (χ1) is 9.74. The third-order valence-electron chi connectivity index (χ3n) is 2.73. The predicted octanol–water partition coefficient (Wildman–Crippen LogP) is 3.27. The van der Waals surface area contributed by atoms with Gasteiger partial charge in [-0.05, 0) is 41.7 Å². The number of carbonyl (C=O) groups excluding carboxylic acids is 1. The molecule has 4 nitrogen and oxygen atoms in total. The number of benzene rings is 1. The number of carbonyl (C=O) groups is 1. The van der Waals surface area contributed by atoms with E-state index in [1.165, 1.54) is 13.0 Å². The molecule has 0 aromatic heterocycles. The topological polar surface area (TPSA) is 55.8 Å². The summed E-state index contributed by atoms with van der Waals surface area (Å²) in [4.78, 5) is 11.7. The van der Waals surface area contributed by atoms with E-state index in [-0.39, 0.29) is 23.7 Å². The molecule has 1 atom stereocenters. The van der Waals surface area contributed by atoms with E-state index < -0.39 is 23.8 Å². The summed E-state index contributed by atoms with van der Waals surface area (Å²) in [5, 5.41) is 9.54.